The molecule has 0 unspecified atom stereocenters. The van der Waals surface area contributed by atoms with Crippen LogP contribution in [-0.2, 0) is 14.3 Å². The van der Waals surface area contributed by atoms with Crippen LogP contribution in [0.4, 0.5) is 0 Å². The van der Waals surface area contributed by atoms with Crippen molar-refractivity contribution in [3.8, 4) is 11.4 Å². The number of Topliss-reactive ketones (excluding diaryl/α,β-unsaturated/α-hetero) is 1. The second-order valence-electron chi connectivity index (χ2n) is 12.7. The lowest BCUT2D eigenvalue weighted by molar-refractivity contribution is -0.205. The largest absolute Gasteiger partial charge is 0.461 e. The number of aliphatic hydroxyl groups is 1. The first-order chi connectivity index (χ1) is 18.4. The van der Waals surface area contributed by atoms with E-state index in [1.807, 2.05) is 44.2 Å². The Kier molecular flexibility index (Phi) is 7.34. The molecule has 0 saturated heterocycles. The average Bonchev–Trinajstić information content (AvgIpc) is 3.53. The highest BCUT2D eigenvalue weighted by atomic mass is 32.2. The van der Waals surface area contributed by atoms with E-state index in [1.165, 1.54) is 11.8 Å². The van der Waals surface area contributed by atoms with E-state index >= 15 is 0 Å². The van der Waals surface area contributed by atoms with Gasteiger partial charge in [-0.05, 0) is 55.9 Å². The van der Waals surface area contributed by atoms with E-state index < -0.39 is 23.0 Å². The number of benzene rings is 1. The molecular weight excluding hydrogens is 510 g/mol. The number of H-pyrrole nitrogens is 1. The highest BCUT2D eigenvalue weighted by Gasteiger charge is 2.68. The lowest BCUT2D eigenvalue weighted by Gasteiger charge is -2.61. The predicted molar refractivity (Wildman–Crippen MR) is 152 cm³/mol. The molecule has 2 bridgehead atoms. The van der Waals surface area contributed by atoms with Crippen molar-refractivity contribution in [1.29, 1.82) is 0 Å². The quantitative estimate of drug-likeness (QED) is 0.266. The maximum atomic E-state index is 13.5. The number of carbonyl (C=O) groups excluding carboxylic acids is 2. The van der Waals surface area contributed by atoms with Crippen molar-refractivity contribution in [2.45, 2.75) is 84.1 Å². The van der Waals surface area contributed by atoms with Crippen LogP contribution in [0.15, 0.2) is 42.1 Å². The second kappa shape index (κ2) is 10.2. The summed E-state index contributed by atoms with van der Waals surface area (Å²) in [5.41, 5.74) is 0.612. The number of thioether (sulfide) groups is 1. The lowest BCUT2D eigenvalue weighted by atomic mass is 9.44. The number of nitrogens with one attached hydrogen (secondary N) is 1. The summed E-state index contributed by atoms with van der Waals surface area (Å²) < 4.78 is 6.31. The zero-order valence-electron chi connectivity index (χ0n) is 23.7. The molecule has 0 amide bonds. The van der Waals surface area contributed by atoms with Crippen molar-refractivity contribution in [1.82, 2.24) is 15.2 Å². The first-order valence-corrected chi connectivity index (χ1v) is 15.1. The molecule has 7 nitrogen and oxygen atoms in total. The third-order valence-corrected chi connectivity index (χ3v) is 11.5. The van der Waals surface area contributed by atoms with Gasteiger partial charge < -0.3 is 9.84 Å². The van der Waals surface area contributed by atoms with Gasteiger partial charge in [0.1, 0.15) is 11.9 Å². The molecule has 210 valence electrons. The van der Waals surface area contributed by atoms with E-state index in [-0.39, 0.29) is 40.7 Å². The van der Waals surface area contributed by atoms with Gasteiger partial charge in [-0.1, -0.05) is 69.3 Å². The molecule has 1 aromatic carbocycles. The van der Waals surface area contributed by atoms with Gasteiger partial charge >= 0.3 is 5.97 Å². The predicted octanol–water partition coefficient (Wildman–Crippen LogP) is 5.78. The van der Waals surface area contributed by atoms with Crippen molar-refractivity contribution in [2.75, 3.05) is 5.75 Å². The van der Waals surface area contributed by atoms with E-state index in [9.17, 15) is 14.7 Å². The molecule has 0 spiro atoms. The van der Waals surface area contributed by atoms with Gasteiger partial charge in [-0.15, -0.1) is 11.7 Å². The molecule has 3 aliphatic rings. The van der Waals surface area contributed by atoms with Crippen molar-refractivity contribution < 1.29 is 19.4 Å². The van der Waals surface area contributed by atoms with Crippen LogP contribution in [0.25, 0.3) is 11.4 Å². The number of aliphatic hydroxyl groups excluding tert-OH is 1. The normalized spacial score (nSPS) is 38.0. The maximum absolute atomic E-state index is 13.5. The van der Waals surface area contributed by atoms with Gasteiger partial charge in [0.15, 0.2) is 5.82 Å². The van der Waals surface area contributed by atoms with Crippen molar-refractivity contribution in [3.05, 3.63) is 42.5 Å². The molecule has 0 aliphatic heterocycles. The smallest absolute Gasteiger partial charge is 0.316 e. The molecule has 39 heavy (non-hydrogen) atoms. The molecule has 8 heteroatoms. The van der Waals surface area contributed by atoms with Crippen LogP contribution in [0.3, 0.4) is 0 Å². The van der Waals surface area contributed by atoms with Crippen molar-refractivity contribution in [2.24, 2.45) is 34.0 Å². The highest BCUT2D eigenvalue weighted by molar-refractivity contribution is 7.99. The molecule has 0 radical (unpaired) electrons. The number of ether oxygens (including phenoxy) is 1. The second-order valence-corrected chi connectivity index (χ2v) is 13.6. The SMILES string of the molecule is C=C[C@]1(C)C[C@@H](OC(=O)CSc2n[nH]c(-c3cccc(C)c3)n2)[C@]2(C)[C@H](C)CC[C@]3(CCC(=O)[C@H]32)[C@@H](C)[C@@H]1O. The Morgan fingerprint density at radius 3 is 2.79 bits per heavy atom. The van der Waals surface area contributed by atoms with Gasteiger partial charge in [-0.2, -0.15) is 0 Å². The number of ketones is 1. The molecule has 1 aromatic heterocycles. The van der Waals surface area contributed by atoms with Gasteiger partial charge in [0, 0.05) is 28.7 Å². The maximum Gasteiger partial charge on any atom is 0.316 e. The molecular formula is C31H41N3O4S. The summed E-state index contributed by atoms with van der Waals surface area (Å²) in [7, 11) is 0. The number of aryl methyl sites for hydroxylation is 1. The molecule has 3 aliphatic carbocycles. The number of hydrogen-bond donors (Lipinski definition) is 2. The number of hydrogen-bond acceptors (Lipinski definition) is 7. The van der Waals surface area contributed by atoms with Crippen LogP contribution in [0.5, 0.6) is 0 Å². The Bertz CT molecular complexity index is 1280. The Morgan fingerprint density at radius 2 is 2.08 bits per heavy atom. The number of esters is 1. The zero-order chi connectivity index (χ0) is 28.2. The fourth-order valence-corrected chi connectivity index (χ4v) is 8.63. The number of aromatic amines is 1. The number of carbonyl (C=O) groups is 2. The summed E-state index contributed by atoms with van der Waals surface area (Å²) in [6, 6.07) is 7.99. The van der Waals surface area contributed by atoms with Crippen LogP contribution in [0.1, 0.15) is 65.4 Å². The summed E-state index contributed by atoms with van der Waals surface area (Å²) in [5, 5.41) is 19.4. The topological polar surface area (TPSA) is 105 Å². The fraction of sp³-hybridized carbons (Fsp3) is 0.613. The Balaban J connectivity index is 1.39. The number of aromatic nitrogens is 3. The molecule has 2 aromatic rings. The minimum Gasteiger partial charge on any atom is -0.461 e. The standard InChI is InChI=1S/C31H41N3O4S/c1-7-29(5)16-23(30(6)19(3)11-13-31(20(4)26(29)37)14-12-22(35)25(30)31)38-24(36)17-39-28-32-27(33-34-28)21-10-8-9-18(2)15-21/h7-10,15,19-20,23,25-26,37H,1,11-14,16-17H2,2-6H3,(H,32,33,34)/t19-,20+,23-,25+,26+,29-,30+,31+/m1/s1. The highest BCUT2D eigenvalue weighted by Crippen LogP contribution is 2.68. The van der Waals surface area contributed by atoms with E-state index in [1.54, 1.807) is 0 Å². The Hall–Kier alpha value is -2.45. The Morgan fingerprint density at radius 1 is 1.31 bits per heavy atom. The van der Waals surface area contributed by atoms with Gasteiger partial charge in [0.05, 0.1) is 11.9 Å². The van der Waals surface area contributed by atoms with Crippen LogP contribution >= 0.6 is 11.8 Å². The molecule has 3 saturated carbocycles. The first kappa shape index (κ1) is 28.1. The van der Waals surface area contributed by atoms with Gasteiger partial charge in [0.2, 0.25) is 5.16 Å². The third-order valence-electron chi connectivity index (χ3n) is 10.7. The fourth-order valence-electron chi connectivity index (χ4n) is 8.05. The molecule has 5 rings (SSSR count). The van der Waals surface area contributed by atoms with E-state index in [2.05, 4.69) is 42.5 Å². The van der Waals surface area contributed by atoms with E-state index in [4.69, 9.17) is 4.74 Å². The minimum atomic E-state index is -0.676. The van der Waals surface area contributed by atoms with Crippen molar-refractivity contribution in [3.63, 3.8) is 0 Å². The molecule has 3 fully saturated rings. The minimum absolute atomic E-state index is 0.0516. The van der Waals surface area contributed by atoms with Crippen LogP contribution < -0.4 is 0 Å². The summed E-state index contributed by atoms with van der Waals surface area (Å²) >= 11 is 1.23. The average molecular weight is 552 g/mol. The lowest BCUT2D eigenvalue weighted by Crippen LogP contribution is -2.63. The third kappa shape index (κ3) is 4.57. The first-order valence-electron chi connectivity index (χ1n) is 14.1. The zero-order valence-corrected chi connectivity index (χ0v) is 24.5. The summed E-state index contributed by atoms with van der Waals surface area (Å²) in [6.07, 6.45) is 4.23. The van der Waals surface area contributed by atoms with Crippen molar-refractivity contribution >= 4 is 23.5 Å². The van der Waals surface area contributed by atoms with Gasteiger partial charge in [0.25, 0.3) is 0 Å². The Labute approximate surface area is 235 Å². The van der Waals surface area contributed by atoms with Crippen LogP contribution in [-0.4, -0.2) is 50.0 Å². The summed E-state index contributed by atoms with van der Waals surface area (Å²) in [6.45, 7) is 14.6. The van der Waals surface area contributed by atoms with Crippen LogP contribution in [0, 0.1) is 40.9 Å². The summed E-state index contributed by atoms with van der Waals surface area (Å²) in [4.78, 5) is 31.4. The molecule has 2 N–H and O–H groups in total. The van der Waals surface area contributed by atoms with E-state index in [0.29, 0.717) is 23.8 Å². The monoisotopic (exact) mass is 551 g/mol. The summed E-state index contributed by atoms with van der Waals surface area (Å²) in [5.74, 6) is 0.511. The van der Waals surface area contributed by atoms with Gasteiger partial charge in [-0.3, -0.25) is 14.7 Å². The van der Waals surface area contributed by atoms with Gasteiger partial charge in [-0.25, -0.2) is 4.98 Å². The molecule has 1 heterocycles. The molecule has 8 atom stereocenters. The van der Waals surface area contributed by atoms with Crippen LogP contribution in [0.2, 0.25) is 0 Å². The number of nitrogens with zero attached hydrogens (tertiary/aromatic N) is 2. The number of rotatable bonds is 6. The van der Waals surface area contributed by atoms with E-state index in [0.717, 1.165) is 30.4 Å².